The van der Waals surface area contributed by atoms with Gasteiger partial charge in [0.2, 0.25) is 0 Å². The third-order valence-corrected chi connectivity index (χ3v) is 2.69. The summed E-state index contributed by atoms with van der Waals surface area (Å²) in [5, 5.41) is 0. The van der Waals surface area contributed by atoms with E-state index in [1.807, 2.05) is 6.92 Å². The average molecular weight is 250 g/mol. The fourth-order valence-corrected chi connectivity index (χ4v) is 1.57. The van der Waals surface area contributed by atoms with Crippen LogP contribution in [0.3, 0.4) is 0 Å². The molecule has 2 nitrogen and oxygen atoms in total. The molecule has 0 atom stereocenters. The highest BCUT2D eigenvalue weighted by Crippen LogP contribution is 2.11. The second-order valence-electron chi connectivity index (χ2n) is 4.92. The molecule has 0 aliphatic carbocycles. The number of allylic oxidation sites excluding steroid dienone is 5. The third-order valence-electron chi connectivity index (χ3n) is 2.69. The highest BCUT2D eigenvalue weighted by molar-refractivity contribution is 5.82. The van der Waals surface area contributed by atoms with Crippen molar-refractivity contribution in [1.29, 1.82) is 0 Å². The maximum atomic E-state index is 11.0. The molecule has 0 N–H and O–H groups in total. The van der Waals surface area contributed by atoms with Crippen LogP contribution in [0.15, 0.2) is 34.9 Å². The lowest BCUT2D eigenvalue weighted by molar-refractivity contribution is -0.134. The van der Waals surface area contributed by atoms with E-state index in [-0.39, 0.29) is 5.97 Å². The van der Waals surface area contributed by atoms with Gasteiger partial charge >= 0.3 is 5.97 Å². The minimum absolute atomic E-state index is 0.267. The molecule has 0 rings (SSSR count). The molecule has 0 saturated heterocycles. The molecule has 0 aliphatic heterocycles. The summed E-state index contributed by atoms with van der Waals surface area (Å²) < 4.78 is 4.59. The standard InChI is InChI=1S/C16H26O2/c1-13(2)8-6-9-14(3)10-7-11-15(4)12-16(17)18-5/h8,10,12H,6-7,9,11H2,1-5H3/b14-10+,15-12+. The molecule has 0 heterocycles. The summed E-state index contributed by atoms with van der Waals surface area (Å²) in [5.41, 5.74) is 3.85. The van der Waals surface area contributed by atoms with E-state index in [2.05, 4.69) is 37.7 Å². The highest BCUT2D eigenvalue weighted by Gasteiger charge is 1.96. The monoisotopic (exact) mass is 250 g/mol. The molecule has 0 amide bonds. The smallest absolute Gasteiger partial charge is 0.330 e. The van der Waals surface area contributed by atoms with Crippen molar-refractivity contribution in [3.63, 3.8) is 0 Å². The Hall–Kier alpha value is -1.31. The van der Waals surface area contributed by atoms with Gasteiger partial charge in [-0.25, -0.2) is 4.79 Å². The Kier molecular flexibility index (Phi) is 8.99. The van der Waals surface area contributed by atoms with E-state index in [1.165, 1.54) is 18.3 Å². The Morgan fingerprint density at radius 3 is 2.06 bits per heavy atom. The van der Waals surface area contributed by atoms with Crippen molar-refractivity contribution in [1.82, 2.24) is 0 Å². The van der Waals surface area contributed by atoms with Crippen molar-refractivity contribution in [2.45, 2.75) is 53.4 Å². The molecule has 0 spiro atoms. The van der Waals surface area contributed by atoms with Gasteiger partial charge in [0.25, 0.3) is 0 Å². The number of carbonyl (C=O) groups is 1. The minimum Gasteiger partial charge on any atom is -0.466 e. The number of ether oxygens (including phenoxy) is 1. The Balaban J connectivity index is 3.97. The normalized spacial score (nSPS) is 12.3. The molecular weight excluding hydrogens is 224 g/mol. The van der Waals surface area contributed by atoms with Gasteiger partial charge < -0.3 is 4.74 Å². The van der Waals surface area contributed by atoms with E-state index in [1.54, 1.807) is 6.08 Å². The molecule has 2 heteroatoms. The van der Waals surface area contributed by atoms with Crippen LogP contribution >= 0.6 is 0 Å². The molecule has 0 fully saturated rings. The first-order valence-corrected chi connectivity index (χ1v) is 6.49. The summed E-state index contributed by atoms with van der Waals surface area (Å²) in [6.45, 7) is 8.38. The van der Waals surface area contributed by atoms with Crippen molar-refractivity contribution in [2.75, 3.05) is 7.11 Å². The lowest BCUT2D eigenvalue weighted by Crippen LogP contribution is -1.95. The Morgan fingerprint density at radius 2 is 1.50 bits per heavy atom. The predicted octanol–water partition coefficient (Wildman–Crippen LogP) is 4.58. The molecule has 0 aromatic carbocycles. The number of esters is 1. The molecule has 0 unspecified atom stereocenters. The van der Waals surface area contributed by atoms with E-state index in [0.29, 0.717) is 0 Å². The summed E-state index contributed by atoms with van der Waals surface area (Å²) in [6, 6.07) is 0. The van der Waals surface area contributed by atoms with Gasteiger partial charge in [-0.3, -0.25) is 0 Å². The molecule has 0 saturated carbocycles. The van der Waals surface area contributed by atoms with E-state index < -0.39 is 0 Å². The molecule has 102 valence electrons. The Labute approximate surface area is 111 Å². The highest BCUT2D eigenvalue weighted by atomic mass is 16.5. The van der Waals surface area contributed by atoms with Gasteiger partial charge in [-0.2, -0.15) is 0 Å². The zero-order valence-corrected chi connectivity index (χ0v) is 12.4. The molecule has 0 aromatic rings. The van der Waals surface area contributed by atoms with Gasteiger partial charge in [0.05, 0.1) is 7.11 Å². The molecule has 0 aromatic heterocycles. The first kappa shape index (κ1) is 16.7. The van der Waals surface area contributed by atoms with E-state index in [0.717, 1.165) is 31.3 Å². The second kappa shape index (κ2) is 9.69. The van der Waals surface area contributed by atoms with E-state index in [4.69, 9.17) is 0 Å². The van der Waals surface area contributed by atoms with Gasteiger partial charge in [0.15, 0.2) is 0 Å². The van der Waals surface area contributed by atoms with Gasteiger partial charge in [-0.05, 0) is 53.4 Å². The number of methoxy groups -OCH3 is 1. The van der Waals surface area contributed by atoms with Crippen molar-refractivity contribution in [3.8, 4) is 0 Å². The van der Waals surface area contributed by atoms with Crippen LogP contribution in [-0.4, -0.2) is 13.1 Å². The number of rotatable bonds is 7. The lowest BCUT2D eigenvalue weighted by atomic mass is 10.1. The van der Waals surface area contributed by atoms with E-state index >= 15 is 0 Å². The molecule has 18 heavy (non-hydrogen) atoms. The van der Waals surface area contributed by atoms with Crippen molar-refractivity contribution >= 4 is 5.97 Å². The lowest BCUT2D eigenvalue weighted by Gasteiger charge is -2.01. The fourth-order valence-electron chi connectivity index (χ4n) is 1.57. The topological polar surface area (TPSA) is 26.3 Å². The van der Waals surface area contributed by atoms with Crippen molar-refractivity contribution in [3.05, 3.63) is 34.9 Å². The van der Waals surface area contributed by atoms with Crippen molar-refractivity contribution in [2.24, 2.45) is 0 Å². The summed E-state index contributed by atoms with van der Waals surface area (Å²) in [5.74, 6) is -0.267. The van der Waals surface area contributed by atoms with Crippen LogP contribution in [0.1, 0.15) is 53.4 Å². The average Bonchev–Trinajstić information content (AvgIpc) is 2.28. The number of hydrogen-bond donors (Lipinski definition) is 0. The van der Waals surface area contributed by atoms with Crippen LogP contribution in [0.2, 0.25) is 0 Å². The maximum absolute atomic E-state index is 11.0. The van der Waals surface area contributed by atoms with Gasteiger partial charge in [-0.1, -0.05) is 28.9 Å². The quantitative estimate of drug-likeness (QED) is 0.375. The van der Waals surface area contributed by atoms with E-state index in [9.17, 15) is 4.79 Å². The predicted molar refractivity (Wildman–Crippen MR) is 77.4 cm³/mol. The number of hydrogen-bond acceptors (Lipinski definition) is 2. The van der Waals surface area contributed by atoms with Gasteiger partial charge in [-0.15, -0.1) is 0 Å². The Morgan fingerprint density at radius 1 is 0.944 bits per heavy atom. The first-order chi connectivity index (χ1) is 8.45. The first-order valence-electron chi connectivity index (χ1n) is 6.49. The third kappa shape index (κ3) is 9.88. The Bertz CT molecular complexity index is 342. The van der Waals surface area contributed by atoms with Crippen LogP contribution in [-0.2, 0) is 9.53 Å². The largest absolute Gasteiger partial charge is 0.466 e. The zero-order valence-electron chi connectivity index (χ0n) is 12.4. The fraction of sp³-hybridized carbons (Fsp3) is 0.562. The molecule has 0 aliphatic rings. The van der Waals surface area contributed by atoms with Crippen LogP contribution in [0, 0.1) is 0 Å². The maximum Gasteiger partial charge on any atom is 0.330 e. The van der Waals surface area contributed by atoms with Crippen LogP contribution in [0.4, 0.5) is 0 Å². The number of carbonyl (C=O) groups excluding carboxylic acids is 1. The summed E-state index contributed by atoms with van der Waals surface area (Å²) in [7, 11) is 1.40. The second-order valence-corrected chi connectivity index (χ2v) is 4.92. The SMILES string of the molecule is COC(=O)/C=C(\C)CC/C=C(\C)CCC=C(C)C. The summed E-state index contributed by atoms with van der Waals surface area (Å²) >= 11 is 0. The van der Waals surface area contributed by atoms with Gasteiger partial charge in [0.1, 0.15) is 0 Å². The molecule has 0 bridgehead atoms. The van der Waals surface area contributed by atoms with Crippen LogP contribution < -0.4 is 0 Å². The minimum atomic E-state index is -0.267. The summed E-state index contributed by atoms with van der Waals surface area (Å²) in [4.78, 5) is 11.0. The molecular formula is C16H26O2. The van der Waals surface area contributed by atoms with Crippen LogP contribution in [0.25, 0.3) is 0 Å². The summed E-state index contributed by atoms with van der Waals surface area (Å²) in [6.07, 6.45) is 10.2. The zero-order chi connectivity index (χ0) is 14.0. The van der Waals surface area contributed by atoms with Gasteiger partial charge in [0, 0.05) is 6.08 Å². The van der Waals surface area contributed by atoms with Crippen LogP contribution in [0.5, 0.6) is 0 Å². The van der Waals surface area contributed by atoms with Crippen molar-refractivity contribution < 1.29 is 9.53 Å². The molecule has 0 radical (unpaired) electrons.